The number of hydrogen-bond donors (Lipinski definition) is 2. The SMILES string of the molecule is CC1(C)CC(=O)c2c3c(n(-c4cc(F)c(C(N)=O)c(N[C@H]5CCOC5)c4)c2C1)COC3. The number of carbonyl (C=O) groups is 2. The summed E-state index contributed by atoms with van der Waals surface area (Å²) in [5.74, 6) is -1.42. The molecule has 1 atom stereocenters. The fraction of sp³-hybridized carbons (Fsp3) is 0.478. The molecule has 3 aliphatic rings. The second-order valence-corrected chi connectivity index (χ2v) is 9.44. The van der Waals surface area contributed by atoms with Crippen LogP contribution in [0.3, 0.4) is 0 Å². The zero-order valence-electron chi connectivity index (χ0n) is 17.7. The molecule has 7 nitrogen and oxygen atoms in total. The van der Waals surface area contributed by atoms with Crippen molar-refractivity contribution in [3.05, 3.63) is 46.0 Å². The van der Waals surface area contributed by atoms with Gasteiger partial charge in [-0.1, -0.05) is 13.8 Å². The maximum Gasteiger partial charge on any atom is 0.253 e. The third-order valence-corrected chi connectivity index (χ3v) is 6.40. The first-order chi connectivity index (χ1) is 14.7. The number of rotatable bonds is 4. The van der Waals surface area contributed by atoms with Crippen molar-refractivity contribution in [3.63, 3.8) is 0 Å². The lowest BCUT2D eigenvalue weighted by atomic mass is 9.75. The molecule has 2 aromatic rings. The highest BCUT2D eigenvalue weighted by atomic mass is 19.1. The Morgan fingerprint density at radius 3 is 2.74 bits per heavy atom. The Morgan fingerprint density at radius 2 is 2.03 bits per heavy atom. The average Bonchev–Trinajstić information content (AvgIpc) is 3.36. The largest absolute Gasteiger partial charge is 0.379 e. The van der Waals surface area contributed by atoms with Crippen LogP contribution in [0.5, 0.6) is 0 Å². The second-order valence-electron chi connectivity index (χ2n) is 9.44. The maximum atomic E-state index is 15.2. The standard InChI is InChI=1S/C23H26FN3O4/c1-23(2)7-17-20(19(28)8-23)14-10-31-11-18(14)27(17)13-5-15(24)21(22(25)29)16(6-13)26-12-3-4-30-9-12/h5-6,12,26H,3-4,7-11H2,1-2H3,(H2,25,29)/t12-/m0/s1. The van der Waals surface area contributed by atoms with Gasteiger partial charge >= 0.3 is 0 Å². The molecule has 1 aliphatic carbocycles. The van der Waals surface area contributed by atoms with E-state index in [2.05, 4.69) is 19.2 Å². The summed E-state index contributed by atoms with van der Waals surface area (Å²) in [6.07, 6.45) is 1.92. The van der Waals surface area contributed by atoms with Crippen molar-refractivity contribution in [2.45, 2.75) is 52.4 Å². The minimum atomic E-state index is -0.829. The number of primary amides is 1. The fourth-order valence-corrected chi connectivity index (χ4v) is 5.09. The molecule has 1 aromatic carbocycles. The number of benzene rings is 1. The minimum Gasteiger partial charge on any atom is -0.379 e. The van der Waals surface area contributed by atoms with Crippen molar-refractivity contribution >= 4 is 17.4 Å². The van der Waals surface area contributed by atoms with Crippen molar-refractivity contribution < 1.29 is 23.5 Å². The summed E-state index contributed by atoms with van der Waals surface area (Å²) in [6, 6.07) is 3.04. The zero-order chi connectivity index (χ0) is 21.9. The van der Waals surface area contributed by atoms with Gasteiger partial charge in [0.05, 0.1) is 48.5 Å². The van der Waals surface area contributed by atoms with Crippen molar-refractivity contribution in [1.82, 2.24) is 4.57 Å². The molecule has 1 aromatic heterocycles. The number of nitrogens with two attached hydrogens (primary N) is 1. The minimum absolute atomic E-state index is 0.0270. The van der Waals surface area contributed by atoms with Gasteiger partial charge in [0.2, 0.25) is 0 Å². The predicted molar refractivity (Wildman–Crippen MR) is 112 cm³/mol. The molecule has 2 aliphatic heterocycles. The molecule has 31 heavy (non-hydrogen) atoms. The summed E-state index contributed by atoms with van der Waals surface area (Å²) < 4.78 is 28.1. The molecule has 3 N–H and O–H groups in total. The molecular weight excluding hydrogens is 401 g/mol. The van der Waals surface area contributed by atoms with Gasteiger partial charge in [-0.05, 0) is 30.4 Å². The quantitative estimate of drug-likeness (QED) is 0.782. The van der Waals surface area contributed by atoms with Gasteiger partial charge in [-0.25, -0.2) is 4.39 Å². The summed E-state index contributed by atoms with van der Waals surface area (Å²) >= 11 is 0. The summed E-state index contributed by atoms with van der Waals surface area (Å²) in [4.78, 5) is 25.0. The van der Waals surface area contributed by atoms with Crippen LogP contribution in [0.1, 0.15) is 64.4 Å². The summed E-state index contributed by atoms with van der Waals surface area (Å²) in [5.41, 5.74) is 9.40. The highest BCUT2D eigenvalue weighted by Gasteiger charge is 2.39. The van der Waals surface area contributed by atoms with Gasteiger partial charge in [-0.2, -0.15) is 0 Å². The Labute approximate surface area is 179 Å². The molecular formula is C23H26FN3O4. The maximum absolute atomic E-state index is 15.2. The molecule has 0 bridgehead atoms. The van der Waals surface area contributed by atoms with E-state index in [4.69, 9.17) is 15.2 Å². The van der Waals surface area contributed by atoms with Crippen LogP contribution in [0.2, 0.25) is 0 Å². The van der Waals surface area contributed by atoms with Gasteiger partial charge in [0.15, 0.2) is 5.78 Å². The van der Waals surface area contributed by atoms with Gasteiger partial charge in [0.1, 0.15) is 5.82 Å². The van der Waals surface area contributed by atoms with Crippen LogP contribution >= 0.6 is 0 Å². The first kappa shape index (κ1) is 20.2. The molecule has 0 spiro atoms. The number of ketones is 1. The van der Waals surface area contributed by atoms with E-state index < -0.39 is 11.7 Å². The number of anilines is 1. The monoisotopic (exact) mass is 427 g/mol. The zero-order valence-corrected chi connectivity index (χ0v) is 17.7. The highest BCUT2D eigenvalue weighted by molar-refractivity contribution is 6.01. The van der Waals surface area contributed by atoms with Crippen LogP contribution in [-0.2, 0) is 29.1 Å². The van der Waals surface area contributed by atoms with Crippen molar-refractivity contribution in [1.29, 1.82) is 0 Å². The van der Waals surface area contributed by atoms with E-state index >= 15 is 4.39 Å². The third-order valence-electron chi connectivity index (χ3n) is 6.40. The normalized spacial score (nSPS) is 21.8. The van der Waals surface area contributed by atoms with E-state index in [1.54, 1.807) is 6.07 Å². The first-order valence-corrected chi connectivity index (χ1v) is 10.6. The molecule has 5 rings (SSSR count). The number of nitrogens with one attached hydrogen (secondary N) is 1. The van der Waals surface area contributed by atoms with Gasteiger partial charge in [0, 0.05) is 29.8 Å². The number of nitrogens with zero attached hydrogens (tertiary/aromatic N) is 1. The topological polar surface area (TPSA) is 95.6 Å². The first-order valence-electron chi connectivity index (χ1n) is 10.6. The van der Waals surface area contributed by atoms with Crippen LogP contribution in [0.4, 0.5) is 10.1 Å². The average molecular weight is 427 g/mol. The Morgan fingerprint density at radius 1 is 1.23 bits per heavy atom. The summed E-state index contributed by atoms with van der Waals surface area (Å²) in [5, 5.41) is 3.23. The number of halogens is 1. The van der Waals surface area contributed by atoms with Crippen LogP contribution in [0.15, 0.2) is 12.1 Å². The van der Waals surface area contributed by atoms with E-state index in [1.807, 2.05) is 4.57 Å². The highest BCUT2D eigenvalue weighted by Crippen LogP contribution is 2.42. The molecule has 0 unspecified atom stereocenters. The van der Waals surface area contributed by atoms with Crippen molar-refractivity contribution in [3.8, 4) is 5.69 Å². The van der Waals surface area contributed by atoms with Crippen LogP contribution in [0, 0.1) is 11.2 Å². The van der Waals surface area contributed by atoms with Crippen LogP contribution in [-0.4, -0.2) is 35.5 Å². The number of carbonyl (C=O) groups excluding carboxylic acids is 2. The Hall–Kier alpha value is -2.71. The number of ether oxygens (including phenoxy) is 2. The van der Waals surface area contributed by atoms with E-state index in [-0.39, 0.29) is 22.8 Å². The Bertz CT molecular complexity index is 1100. The van der Waals surface area contributed by atoms with E-state index in [9.17, 15) is 9.59 Å². The fourth-order valence-electron chi connectivity index (χ4n) is 5.09. The number of fused-ring (bicyclic) bond motifs is 3. The molecule has 8 heteroatoms. The lowest BCUT2D eigenvalue weighted by molar-refractivity contribution is 0.0900. The van der Waals surface area contributed by atoms with Crippen LogP contribution < -0.4 is 11.1 Å². The van der Waals surface area contributed by atoms with Crippen molar-refractivity contribution in [2.75, 3.05) is 18.5 Å². The molecule has 1 amide bonds. The number of Topliss-reactive ketones (excluding diaryl/α,β-unsaturated/α-hetero) is 1. The molecule has 3 heterocycles. The Balaban J connectivity index is 1.69. The van der Waals surface area contributed by atoms with Gasteiger partial charge in [0.25, 0.3) is 5.91 Å². The number of aromatic nitrogens is 1. The molecule has 164 valence electrons. The van der Waals surface area contributed by atoms with Gasteiger partial charge < -0.3 is 25.1 Å². The van der Waals surface area contributed by atoms with Gasteiger partial charge in [-0.3, -0.25) is 9.59 Å². The lowest BCUT2D eigenvalue weighted by Gasteiger charge is -2.30. The molecule has 0 radical (unpaired) electrons. The van der Waals surface area contributed by atoms with Crippen LogP contribution in [0.25, 0.3) is 5.69 Å². The smallest absolute Gasteiger partial charge is 0.253 e. The van der Waals surface area contributed by atoms with Crippen molar-refractivity contribution in [2.24, 2.45) is 11.1 Å². The van der Waals surface area contributed by atoms with Gasteiger partial charge in [-0.15, -0.1) is 0 Å². The number of hydrogen-bond acceptors (Lipinski definition) is 5. The summed E-state index contributed by atoms with van der Waals surface area (Å²) in [6.45, 7) is 5.96. The lowest BCUT2D eigenvalue weighted by Crippen LogP contribution is -2.28. The molecule has 1 fully saturated rings. The second kappa shape index (κ2) is 7.17. The molecule has 1 saturated heterocycles. The number of amides is 1. The Kier molecular flexibility index (Phi) is 4.67. The van der Waals surface area contributed by atoms with E-state index in [1.165, 1.54) is 6.07 Å². The third kappa shape index (κ3) is 3.34. The van der Waals surface area contributed by atoms with E-state index in [0.717, 1.165) is 23.4 Å². The van der Waals surface area contributed by atoms with E-state index in [0.29, 0.717) is 56.2 Å². The molecule has 0 saturated carbocycles. The predicted octanol–water partition coefficient (Wildman–Crippen LogP) is 3.10. The summed E-state index contributed by atoms with van der Waals surface area (Å²) in [7, 11) is 0.